The van der Waals surface area contributed by atoms with Crippen LogP contribution in [0, 0.1) is 5.92 Å². The summed E-state index contributed by atoms with van der Waals surface area (Å²) in [6.45, 7) is 20.5. The first-order valence-corrected chi connectivity index (χ1v) is 30.5. The second kappa shape index (κ2) is 49.4. The summed E-state index contributed by atoms with van der Waals surface area (Å²) in [7, 11) is 0. The van der Waals surface area contributed by atoms with Crippen molar-refractivity contribution in [3.05, 3.63) is 11.9 Å². The van der Waals surface area contributed by atoms with Crippen molar-refractivity contribution in [3.63, 3.8) is 0 Å². The third-order valence-corrected chi connectivity index (χ3v) is 14.2. The lowest BCUT2D eigenvalue weighted by atomic mass is 9.94. The highest BCUT2D eigenvalue weighted by Gasteiger charge is 2.20. The molecule has 1 aromatic rings. The molecule has 1 N–H and O–H groups in total. The summed E-state index contributed by atoms with van der Waals surface area (Å²) in [5.74, 6) is 0.370. The van der Waals surface area contributed by atoms with E-state index in [1.54, 1.807) is 0 Å². The van der Waals surface area contributed by atoms with E-state index < -0.39 is 0 Å². The molecule has 0 radical (unpaired) electrons. The zero-order valence-electron chi connectivity index (χ0n) is 47.7. The van der Waals surface area contributed by atoms with Gasteiger partial charge in [0.1, 0.15) is 12.2 Å². The van der Waals surface area contributed by atoms with Crippen molar-refractivity contribution in [1.82, 2.24) is 24.8 Å². The summed E-state index contributed by atoms with van der Waals surface area (Å²) in [4.78, 5) is 30.9. The van der Waals surface area contributed by atoms with Crippen molar-refractivity contribution in [3.8, 4) is 0 Å². The first kappa shape index (κ1) is 66.9. The van der Waals surface area contributed by atoms with Crippen molar-refractivity contribution in [2.45, 2.75) is 258 Å². The number of aliphatic hydroxyl groups excluding tert-OH is 1. The van der Waals surface area contributed by atoms with Gasteiger partial charge in [0.05, 0.1) is 32.1 Å². The van der Waals surface area contributed by atoms with E-state index in [4.69, 9.17) is 28.4 Å². The number of piperidine rings is 1. The molecular formula is C59H113N5O9. The molecule has 2 rings (SSSR count). The third-order valence-electron chi connectivity index (χ3n) is 14.2. The molecule has 1 aliphatic rings. The van der Waals surface area contributed by atoms with E-state index in [9.17, 15) is 14.7 Å². The maximum absolute atomic E-state index is 12.9. The molecule has 14 heteroatoms. The van der Waals surface area contributed by atoms with Crippen LogP contribution >= 0.6 is 0 Å². The van der Waals surface area contributed by atoms with Crippen LogP contribution in [-0.2, 0) is 51.1 Å². The van der Waals surface area contributed by atoms with Gasteiger partial charge >= 0.3 is 11.9 Å². The average molecular weight is 1040 g/mol. The fourth-order valence-electron chi connectivity index (χ4n) is 9.53. The molecule has 1 fully saturated rings. The Morgan fingerprint density at radius 1 is 0.562 bits per heavy atom. The van der Waals surface area contributed by atoms with Gasteiger partial charge in [0, 0.05) is 65.2 Å². The van der Waals surface area contributed by atoms with Crippen molar-refractivity contribution >= 4 is 11.9 Å². The Kier molecular flexibility index (Phi) is 45.3. The molecule has 73 heavy (non-hydrogen) atoms. The first-order valence-electron chi connectivity index (χ1n) is 30.5. The van der Waals surface area contributed by atoms with Crippen LogP contribution in [0.1, 0.15) is 239 Å². The maximum Gasteiger partial charge on any atom is 0.306 e. The number of hydrogen-bond acceptors (Lipinski definition) is 13. The first-order chi connectivity index (χ1) is 35.9. The van der Waals surface area contributed by atoms with Gasteiger partial charge < -0.3 is 38.4 Å². The van der Waals surface area contributed by atoms with Crippen molar-refractivity contribution in [2.75, 3.05) is 92.2 Å². The summed E-state index contributed by atoms with van der Waals surface area (Å²) < 4.78 is 37.4. The number of ether oxygens (including phenoxy) is 6. The zero-order valence-corrected chi connectivity index (χ0v) is 47.7. The fraction of sp³-hybridized carbons (Fsp3) is 0.932. The number of rotatable bonds is 54. The number of carbonyl (C=O) groups is 2. The number of carbonyl (C=O) groups excluding carboxylic acids is 2. The van der Waals surface area contributed by atoms with Crippen LogP contribution in [-0.4, -0.2) is 146 Å². The third kappa shape index (κ3) is 39.8. The van der Waals surface area contributed by atoms with E-state index in [1.807, 2.05) is 4.68 Å². The normalized spacial score (nSPS) is 13.6. The fourth-order valence-corrected chi connectivity index (χ4v) is 9.53. The summed E-state index contributed by atoms with van der Waals surface area (Å²) in [5, 5.41) is 18.4. The molecule has 0 spiro atoms. The van der Waals surface area contributed by atoms with Gasteiger partial charge in [0.2, 0.25) is 0 Å². The molecule has 1 saturated heterocycles. The molecule has 0 unspecified atom stereocenters. The quantitative estimate of drug-likeness (QED) is 0.0488. The second-order valence-corrected chi connectivity index (χ2v) is 21.2. The minimum Gasteiger partial charge on any atom is -0.457 e. The minimum atomic E-state index is -0.351. The van der Waals surface area contributed by atoms with Gasteiger partial charge in [0.25, 0.3) is 0 Å². The standard InChI is InChI=1S/C59H113N5O9/c1-5-9-13-27-44-68-50-56(51-69-45-28-14-10-6-2)72-58(66)32-23-19-17-21-25-37-63(48-55-49-64(61-60-55)40-31-39-62-41-34-54(35-42-62)36-43-65)38-26-22-18-20-24-33-59(67)73-57(52-70-46-29-15-11-7-3)53-71-47-30-16-12-8-4/h49,54,56-57,65H,5-48,50-53H2,1-4H3. The molecule has 0 aromatic carbocycles. The van der Waals surface area contributed by atoms with Gasteiger partial charge in [-0.1, -0.05) is 148 Å². The van der Waals surface area contributed by atoms with Gasteiger partial charge in [-0.05, 0) is 116 Å². The SMILES string of the molecule is CCCCCCOCC(COCCCCCC)OC(=O)CCCCCCCN(CCCCCCCC(=O)OC(COCCCCCC)COCCCCCC)Cc1cn(CCCN2CCC(CCO)CC2)nn1. The highest BCUT2D eigenvalue weighted by molar-refractivity contribution is 5.69. The molecule has 0 aliphatic carbocycles. The summed E-state index contributed by atoms with van der Waals surface area (Å²) >= 11 is 0. The molecule has 1 aliphatic heterocycles. The molecular weight excluding hydrogens is 923 g/mol. The zero-order chi connectivity index (χ0) is 52.5. The van der Waals surface area contributed by atoms with Crippen LogP contribution in [0.25, 0.3) is 0 Å². The molecule has 0 bridgehead atoms. The van der Waals surface area contributed by atoms with E-state index in [0.717, 1.165) is 154 Å². The van der Waals surface area contributed by atoms with Gasteiger partial charge in [-0.15, -0.1) is 5.10 Å². The summed E-state index contributed by atoms with van der Waals surface area (Å²) in [6.07, 6.45) is 35.4. The van der Waals surface area contributed by atoms with E-state index in [1.165, 1.54) is 89.9 Å². The lowest BCUT2D eigenvalue weighted by molar-refractivity contribution is -0.157. The van der Waals surface area contributed by atoms with Crippen LogP contribution in [0.5, 0.6) is 0 Å². The summed E-state index contributed by atoms with van der Waals surface area (Å²) in [6, 6.07) is 0. The monoisotopic (exact) mass is 1040 g/mol. The predicted octanol–water partition coefficient (Wildman–Crippen LogP) is 12.5. The van der Waals surface area contributed by atoms with E-state index in [-0.39, 0.29) is 24.1 Å². The van der Waals surface area contributed by atoms with E-state index in [0.29, 0.717) is 78.2 Å². The number of hydrogen-bond donors (Lipinski definition) is 1. The van der Waals surface area contributed by atoms with Crippen LogP contribution in [0.4, 0.5) is 0 Å². The van der Waals surface area contributed by atoms with E-state index >= 15 is 0 Å². The Hall–Kier alpha value is -2.20. The molecule has 14 nitrogen and oxygen atoms in total. The largest absolute Gasteiger partial charge is 0.457 e. The number of likely N-dealkylation sites (tertiary alicyclic amines) is 1. The second-order valence-electron chi connectivity index (χ2n) is 21.2. The molecule has 0 atom stereocenters. The lowest BCUT2D eigenvalue weighted by Crippen LogP contribution is -2.35. The van der Waals surface area contributed by atoms with Gasteiger partial charge in [-0.25, -0.2) is 0 Å². The van der Waals surface area contributed by atoms with Crippen molar-refractivity contribution in [1.29, 1.82) is 0 Å². The number of aliphatic hydroxyl groups is 1. The van der Waals surface area contributed by atoms with Crippen LogP contribution in [0.2, 0.25) is 0 Å². The predicted molar refractivity (Wildman–Crippen MR) is 296 cm³/mol. The van der Waals surface area contributed by atoms with Crippen molar-refractivity contribution < 1.29 is 43.1 Å². The summed E-state index contributed by atoms with van der Waals surface area (Å²) in [5.41, 5.74) is 1.02. The van der Waals surface area contributed by atoms with Crippen LogP contribution < -0.4 is 0 Å². The van der Waals surface area contributed by atoms with Crippen LogP contribution in [0.15, 0.2) is 6.20 Å². The lowest BCUT2D eigenvalue weighted by Gasteiger charge is -2.31. The number of aromatic nitrogens is 3. The Morgan fingerprint density at radius 3 is 1.40 bits per heavy atom. The van der Waals surface area contributed by atoms with Gasteiger partial charge in [0.15, 0.2) is 0 Å². The smallest absolute Gasteiger partial charge is 0.306 e. The Bertz CT molecular complexity index is 1270. The minimum absolute atomic E-state index is 0.149. The Labute approximate surface area is 446 Å². The van der Waals surface area contributed by atoms with E-state index in [2.05, 4.69) is 54.0 Å². The maximum atomic E-state index is 12.9. The van der Waals surface area contributed by atoms with Crippen molar-refractivity contribution in [2.24, 2.45) is 5.92 Å². The Balaban J connectivity index is 1.80. The number of esters is 2. The molecule has 428 valence electrons. The molecule has 1 aromatic heterocycles. The topological polar surface area (TPSA) is 147 Å². The molecule has 0 saturated carbocycles. The Morgan fingerprint density at radius 2 is 0.973 bits per heavy atom. The highest BCUT2D eigenvalue weighted by atomic mass is 16.6. The number of nitrogens with zero attached hydrogens (tertiary/aromatic N) is 5. The number of unbranched alkanes of at least 4 members (excludes halogenated alkanes) is 20. The molecule has 0 amide bonds. The molecule has 2 heterocycles. The van der Waals surface area contributed by atoms with Gasteiger partial charge in [-0.3, -0.25) is 19.2 Å². The highest BCUT2D eigenvalue weighted by Crippen LogP contribution is 2.20. The van der Waals surface area contributed by atoms with Gasteiger partial charge in [-0.2, -0.15) is 0 Å². The average Bonchev–Trinajstić information content (AvgIpc) is 3.84. The number of aryl methyl sites for hydroxylation is 1. The van der Waals surface area contributed by atoms with Crippen LogP contribution in [0.3, 0.4) is 0 Å².